The summed E-state index contributed by atoms with van der Waals surface area (Å²) in [6.07, 6.45) is 0.805. The molecule has 0 bridgehead atoms. The van der Waals surface area contributed by atoms with Crippen LogP contribution < -0.4 is 15.2 Å². The van der Waals surface area contributed by atoms with Gasteiger partial charge < -0.3 is 15.2 Å². The number of ether oxygens (including phenoxy) is 2. The van der Waals surface area contributed by atoms with Crippen molar-refractivity contribution in [2.75, 3.05) is 13.7 Å². The van der Waals surface area contributed by atoms with E-state index in [9.17, 15) is 0 Å². The molecule has 0 amide bonds. The summed E-state index contributed by atoms with van der Waals surface area (Å²) in [7, 11) is 1.60. The van der Waals surface area contributed by atoms with Crippen molar-refractivity contribution in [3.63, 3.8) is 0 Å². The Kier molecular flexibility index (Phi) is 2.52. The molecule has 1 atom stereocenters. The molecule has 0 saturated carbocycles. The van der Waals surface area contributed by atoms with Crippen molar-refractivity contribution in [1.82, 2.24) is 0 Å². The minimum atomic E-state index is -0.0304. The third-order valence-electron chi connectivity index (χ3n) is 2.36. The summed E-state index contributed by atoms with van der Waals surface area (Å²) < 4.78 is 10.6. The summed E-state index contributed by atoms with van der Waals surface area (Å²) in [4.78, 5) is 0. The largest absolute Gasteiger partial charge is 0.497 e. The molecule has 4 heteroatoms. The van der Waals surface area contributed by atoms with Crippen molar-refractivity contribution >= 4 is 11.6 Å². The Morgan fingerprint density at radius 1 is 1.57 bits per heavy atom. The maximum atomic E-state index is 6.08. The maximum Gasteiger partial charge on any atom is 0.129 e. The summed E-state index contributed by atoms with van der Waals surface area (Å²) in [5, 5.41) is 0.617. The van der Waals surface area contributed by atoms with Crippen molar-refractivity contribution in [3.05, 3.63) is 22.7 Å². The molecule has 0 spiro atoms. The lowest BCUT2D eigenvalue weighted by Gasteiger charge is -2.24. The van der Waals surface area contributed by atoms with Crippen LogP contribution in [0, 0.1) is 0 Å². The van der Waals surface area contributed by atoms with E-state index < -0.39 is 0 Å². The Hall–Kier alpha value is -0.930. The van der Waals surface area contributed by atoms with Crippen LogP contribution in [0.1, 0.15) is 18.0 Å². The molecule has 1 aromatic rings. The van der Waals surface area contributed by atoms with Crippen molar-refractivity contribution in [2.24, 2.45) is 5.73 Å². The smallest absolute Gasteiger partial charge is 0.129 e. The van der Waals surface area contributed by atoms with E-state index in [0.29, 0.717) is 17.4 Å². The summed E-state index contributed by atoms with van der Waals surface area (Å²) in [6.45, 7) is 0.637. The number of benzene rings is 1. The second-order valence-electron chi connectivity index (χ2n) is 3.26. The van der Waals surface area contributed by atoms with Gasteiger partial charge in [0.25, 0.3) is 0 Å². The van der Waals surface area contributed by atoms with Gasteiger partial charge in [-0.25, -0.2) is 0 Å². The predicted octanol–water partition coefficient (Wildman–Crippen LogP) is 2.13. The third-order valence-corrected chi connectivity index (χ3v) is 2.67. The lowest BCUT2D eigenvalue weighted by Crippen LogP contribution is -2.21. The van der Waals surface area contributed by atoms with Gasteiger partial charge in [0.2, 0.25) is 0 Å². The Balaban J connectivity index is 2.51. The Labute approximate surface area is 87.8 Å². The number of fused-ring (bicyclic) bond motifs is 1. The number of rotatable bonds is 1. The lowest BCUT2D eigenvalue weighted by molar-refractivity contribution is 0.267. The zero-order chi connectivity index (χ0) is 10.1. The molecule has 1 unspecified atom stereocenters. The van der Waals surface area contributed by atoms with Crippen molar-refractivity contribution < 1.29 is 9.47 Å². The van der Waals surface area contributed by atoms with E-state index >= 15 is 0 Å². The lowest BCUT2D eigenvalue weighted by atomic mass is 10.0. The molecule has 1 aliphatic rings. The number of hydrogen-bond donors (Lipinski definition) is 1. The second kappa shape index (κ2) is 3.67. The minimum Gasteiger partial charge on any atom is -0.497 e. The highest BCUT2D eigenvalue weighted by molar-refractivity contribution is 6.31. The molecular formula is C10H12ClNO2. The topological polar surface area (TPSA) is 44.5 Å². The van der Waals surface area contributed by atoms with Crippen LogP contribution in [0.3, 0.4) is 0 Å². The van der Waals surface area contributed by atoms with Crippen LogP contribution in [0.25, 0.3) is 0 Å². The van der Waals surface area contributed by atoms with E-state index in [1.54, 1.807) is 13.2 Å². The van der Waals surface area contributed by atoms with Gasteiger partial charge in [0, 0.05) is 24.1 Å². The first-order valence-corrected chi connectivity index (χ1v) is 4.86. The van der Waals surface area contributed by atoms with Gasteiger partial charge in [-0.3, -0.25) is 0 Å². The Morgan fingerprint density at radius 3 is 3.07 bits per heavy atom. The summed E-state index contributed by atoms with van der Waals surface area (Å²) in [5.41, 5.74) is 6.82. The monoisotopic (exact) mass is 213 g/mol. The molecule has 0 aliphatic carbocycles. The number of halogens is 1. The van der Waals surface area contributed by atoms with Gasteiger partial charge in [-0.1, -0.05) is 11.6 Å². The molecule has 0 radical (unpaired) electrons. The minimum absolute atomic E-state index is 0.0304. The van der Waals surface area contributed by atoms with Crippen LogP contribution in [0.2, 0.25) is 5.02 Å². The third kappa shape index (κ3) is 1.53. The summed E-state index contributed by atoms with van der Waals surface area (Å²) >= 11 is 6.08. The highest BCUT2D eigenvalue weighted by atomic mass is 35.5. The Morgan fingerprint density at radius 2 is 2.36 bits per heavy atom. The van der Waals surface area contributed by atoms with Crippen molar-refractivity contribution in [2.45, 2.75) is 12.5 Å². The maximum absolute atomic E-state index is 6.08. The molecule has 2 N–H and O–H groups in total. The molecule has 14 heavy (non-hydrogen) atoms. The zero-order valence-electron chi connectivity index (χ0n) is 7.92. The summed E-state index contributed by atoms with van der Waals surface area (Å²) in [5.74, 6) is 1.44. The fourth-order valence-electron chi connectivity index (χ4n) is 1.61. The molecule has 1 heterocycles. The van der Waals surface area contributed by atoms with Gasteiger partial charge in [0.05, 0.1) is 18.7 Å². The SMILES string of the molecule is COc1cc(Cl)c2c(c1)OCCC2N. The van der Waals surface area contributed by atoms with E-state index in [4.69, 9.17) is 26.8 Å². The van der Waals surface area contributed by atoms with Gasteiger partial charge >= 0.3 is 0 Å². The highest BCUT2D eigenvalue weighted by Crippen LogP contribution is 2.39. The van der Waals surface area contributed by atoms with Crippen LogP contribution in [0.4, 0.5) is 0 Å². The Bertz CT molecular complexity index is 354. The molecule has 0 saturated heterocycles. The molecule has 0 fully saturated rings. The van der Waals surface area contributed by atoms with E-state index in [1.165, 1.54) is 0 Å². The summed E-state index contributed by atoms with van der Waals surface area (Å²) in [6, 6.07) is 3.55. The quantitative estimate of drug-likeness (QED) is 0.777. The predicted molar refractivity (Wildman–Crippen MR) is 55.0 cm³/mol. The van der Waals surface area contributed by atoms with Crippen LogP contribution in [-0.2, 0) is 0 Å². The molecule has 2 rings (SSSR count). The molecule has 76 valence electrons. The highest BCUT2D eigenvalue weighted by Gasteiger charge is 2.22. The second-order valence-corrected chi connectivity index (χ2v) is 3.67. The average molecular weight is 214 g/mol. The number of hydrogen-bond acceptors (Lipinski definition) is 3. The van der Waals surface area contributed by atoms with Gasteiger partial charge in [-0.2, -0.15) is 0 Å². The first-order chi connectivity index (χ1) is 6.72. The first-order valence-electron chi connectivity index (χ1n) is 4.48. The van der Waals surface area contributed by atoms with Crippen LogP contribution >= 0.6 is 11.6 Å². The fourth-order valence-corrected chi connectivity index (χ4v) is 1.95. The van der Waals surface area contributed by atoms with Crippen LogP contribution in [0.5, 0.6) is 11.5 Å². The van der Waals surface area contributed by atoms with Crippen molar-refractivity contribution in [1.29, 1.82) is 0 Å². The van der Waals surface area contributed by atoms with E-state index in [1.807, 2.05) is 6.07 Å². The van der Waals surface area contributed by atoms with Crippen LogP contribution in [0.15, 0.2) is 12.1 Å². The van der Waals surface area contributed by atoms with E-state index in [2.05, 4.69) is 0 Å². The average Bonchev–Trinajstić information content (AvgIpc) is 2.17. The van der Waals surface area contributed by atoms with Gasteiger partial charge in [-0.15, -0.1) is 0 Å². The number of methoxy groups -OCH3 is 1. The fraction of sp³-hybridized carbons (Fsp3) is 0.400. The molecule has 3 nitrogen and oxygen atoms in total. The molecule has 1 aliphatic heterocycles. The molecule has 1 aromatic carbocycles. The number of nitrogens with two attached hydrogens (primary N) is 1. The standard InChI is InChI=1S/C10H12ClNO2/c1-13-6-4-7(11)10-8(12)2-3-14-9(10)5-6/h4-5,8H,2-3,12H2,1H3. The van der Waals surface area contributed by atoms with E-state index in [-0.39, 0.29) is 6.04 Å². The van der Waals surface area contributed by atoms with Crippen molar-refractivity contribution in [3.8, 4) is 11.5 Å². The van der Waals surface area contributed by atoms with Gasteiger partial charge in [0.15, 0.2) is 0 Å². The van der Waals surface area contributed by atoms with Gasteiger partial charge in [-0.05, 0) is 6.07 Å². The zero-order valence-corrected chi connectivity index (χ0v) is 8.67. The first kappa shape index (κ1) is 9.62. The van der Waals surface area contributed by atoms with Crippen LogP contribution in [-0.4, -0.2) is 13.7 Å². The van der Waals surface area contributed by atoms with Gasteiger partial charge in [0.1, 0.15) is 11.5 Å². The normalized spacial score (nSPS) is 19.8. The molecule has 0 aromatic heterocycles. The van der Waals surface area contributed by atoms with E-state index in [0.717, 1.165) is 17.7 Å². The molecular weight excluding hydrogens is 202 g/mol.